The minimum absolute atomic E-state index is 0. The molecule has 0 aromatic rings. The van der Waals surface area contributed by atoms with Crippen molar-refractivity contribution in [3.05, 3.63) is 36.7 Å². The van der Waals surface area contributed by atoms with E-state index in [1.54, 1.807) is 0 Å². The number of nitrogens with one attached hydrogen (secondary N) is 1. The molecule has 0 amide bonds. The summed E-state index contributed by atoms with van der Waals surface area (Å²) in [5.74, 6) is 0. The van der Waals surface area contributed by atoms with Crippen molar-refractivity contribution in [2.45, 2.75) is 19.3 Å². The molecule has 0 bridgehead atoms. The summed E-state index contributed by atoms with van der Waals surface area (Å²) in [6.07, 6.45) is 16.1. The van der Waals surface area contributed by atoms with Gasteiger partial charge < -0.3 is 5.32 Å². The third-order valence-electron chi connectivity index (χ3n) is 1.07. The van der Waals surface area contributed by atoms with Crippen LogP contribution in [0, 0.1) is 0 Å². The Labute approximate surface area is 78.2 Å². The number of rotatable bonds is 0. The molecule has 0 aromatic heterocycles. The van der Waals surface area contributed by atoms with E-state index in [9.17, 15) is 0 Å². The summed E-state index contributed by atoms with van der Waals surface area (Å²) in [7, 11) is 0. The summed E-state index contributed by atoms with van der Waals surface area (Å²) >= 11 is 0. The molecule has 1 N–H and O–H groups in total. The van der Waals surface area contributed by atoms with Crippen LogP contribution in [0.1, 0.15) is 19.3 Å². The van der Waals surface area contributed by atoms with E-state index in [4.69, 9.17) is 0 Å². The van der Waals surface area contributed by atoms with E-state index in [1.165, 1.54) is 19.3 Å². The van der Waals surface area contributed by atoms with Crippen LogP contribution in [0.2, 0.25) is 0 Å². The molecule has 1 aliphatic carbocycles. The van der Waals surface area contributed by atoms with Gasteiger partial charge in [-0.3, -0.25) is 0 Å². The van der Waals surface area contributed by atoms with Gasteiger partial charge in [0, 0.05) is 28.9 Å². The Kier molecular flexibility index (Phi) is 7.28. The van der Waals surface area contributed by atoms with Gasteiger partial charge in [0.1, 0.15) is 0 Å². The summed E-state index contributed by atoms with van der Waals surface area (Å²) in [4.78, 5) is 0. The summed E-state index contributed by atoms with van der Waals surface area (Å²) < 4.78 is 0. The van der Waals surface area contributed by atoms with Crippen molar-refractivity contribution in [1.82, 2.24) is 5.32 Å². The van der Waals surface area contributed by atoms with Gasteiger partial charge in [0.2, 0.25) is 0 Å². The molecule has 1 nitrogen and oxygen atoms in total. The Morgan fingerprint density at radius 3 is 1.55 bits per heavy atom. The molecule has 1 fully saturated rings. The van der Waals surface area contributed by atoms with Gasteiger partial charge in [0.15, 0.2) is 0 Å². The van der Waals surface area contributed by atoms with E-state index >= 15 is 0 Å². The topological polar surface area (TPSA) is 12.0 Å². The van der Waals surface area contributed by atoms with Crippen molar-refractivity contribution >= 4 is 0 Å². The first-order valence-corrected chi connectivity index (χ1v) is 3.74. The minimum atomic E-state index is 0. The summed E-state index contributed by atoms with van der Waals surface area (Å²) in [5.41, 5.74) is 0. The molecule has 1 aliphatic heterocycles. The van der Waals surface area contributed by atoms with Crippen molar-refractivity contribution in [2.75, 3.05) is 0 Å². The molecule has 2 aliphatic rings. The van der Waals surface area contributed by atoms with Crippen molar-refractivity contribution in [3.8, 4) is 0 Å². The summed E-state index contributed by atoms with van der Waals surface area (Å²) in [6, 6.07) is 0. The molecule has 0 atom stereocenters. The monoisotopic (exact) mass is 193 g/mol. The molecule has 11 heavy (non-hydrogen) atoms. The zero-order chi connectivity index (χ0) is 7.07. The molecule has 0 radical (unpaired) electrons. The molecular formula is C9H13NNi. The van der Waals surface area contributed by atoms with Crippen LogP contribution in [-0.2, 0) is 16.5 Å². The standard InChI is InChI=1S/C6H7N.C3H6.Ni/c1-2-4-6-7-5-3-1;1-2-3-1;/h1-7H;1-3H2;. The van der Waals surface area contributed by atoms with Crippen LogP contribution in [0.3, 0.4) is 0 Å². The Balaban J connectivity index is 0.000000212. The van der Waals surface area contributed by atoms with Gasteiger partial charge >= 0.3 is 0 Å². The van der Waals surface area contributed by atoms with Gasteiger partial charge in [0.25, 0.3) is 0 Å². The Morgan fingerprint density at radius 1 is 0.727 bits per heavy atom. The Morgan fingerprint density at radius 2 is 1.18 bits per heavy atom. The van der Waals surface area contributed by atoms with Crippen molar-refractivity contribution < 1.29 is 16.5 Å². The molecule has 2 heteroatoms. The SMILES string of the molecule is C1=CC=CNC=C1.C1CC1.[Ni]. The average molecular weight is 194 g/mol. The molecule has 1 saturated carbocycles. The summed E-state index contributed by atoms with van der Waals surface area (Å²) in [6.45, 7) is 0. The molecule has 2 rings (SSSR count). The predicted octanol–water partition coefficient (Wildman–Crippen LogP) is 2.34. The van der Waals surface area contributed by atoms with Crippen LogP contribution < -0.4 is 5.32 Å². The molecule has 0 spiro atoms. The van der Waals surface area contributed by atoms with Crippen LogP contribution in [0.4, 0.5) is 0 Å². The maximum atomic E-state index is 2.92. The van der Waals surface area contributed by atoms with Crippen molar-refractivity contribution in [3.63, 3.8) is 0 Å². The minimum Gasteiger partial charge on any atom is -0.368 e. The average Bonchev–Trinajstić information content (AvgIpc) is 2.82. The fourth-order valence-electron chi connectivity index (χ4n) is 0.406. The quantitative estimate of drug-likeness (QED) is 0.583. The van der Waals surface area contributed by atoms with E-state index < -0.39 is 0 Å². The van der Waals surface area contributed by atoms with Gasteiger partial charge in [-0.2, -0.15) is 0 Å². The molecule has 0 aromatic carbocycles. The maximum Gasteiger partial charge on any atom is 0.000442 e. The van der Waals surface area contributed by atoms with Crippen LogP contribution in [0.25, 0.3) is 0 Å². The maximum absolute atomic E-state index is 2.92. The van der Waals surface area contributed by atoms with E-state index in [0.717, 1.165) is 0 Å². The van der Waals surface area contributed by atoms with Gasteiger partial charge in [-0.25, -0.2) is 0 Å². The van der Waals surface area contributed by atoms with Crippen LogP contribution >= 0.6 is 0 Å². The van der Waals surface area contributed by atoms with Crippen molar-refractivity contribution in [1.29, 1.82) is 0 Å². The van der Waals surface area contributed by atoms with Gasteiger partial charge in [-0.15, -0.1) is 0 Å². The first-order chi connectivity index (χ1) is 5.00. The van der Waals surface area contributed by atoms with E-state index in [0.29, 0.717) is 0 Å². The largest absolute Gasteiger partial charge is 0.368 e. The van der Waals surface area contributed by atoms with E-state index in [-0.39, 0.29) is 16.5 Å². The number of allylic oxidation sites excluding steroid dienone is 4. The van der Waals surface area contributed by atoms with Crippen LogP contribution in [-0.4, -0.2) is 0 Å². The fourth-order valence-corrected chi connectivity index (χ4v) is 0.406. The zero-order valence-corrected chi connectivity index (χ0v) is 7.39. The second-order valence-corrected chi connectivity index (χ2v) is 2.33. The fraction of sp³-hybridized carbons (Fsp3) is 0.333. The number of hydrogen-bond donors (Lipinski definition) is 1. The number of hydrogen-bond acceptors (Lipinski definition) is 1. The first kappa shape index (κ1) is 10.5. The summed E-state index contributed by atoms with van der Waals surface area (Å²) in [5, 5.41) is 2.92. The van der Waals surface area contributed by atoms with E-state index in [1.807, 2.05) is 36.7 Å². The molecule has 0 unspecified atom stereocenters. The van der Waals surface area contributed by atoms with Crippen molar-refractivity contribution in [2.24, 2.45) is 0 Å². The molecule has 0 saturated heterocycles. The third-order valence-corrected chi connectivity index (χ3v) is 1.07. The van der Waals surface area contributed by atoms with Crippen LogP contribution in [0.5, 0.6) is 0 Å². The zero-order valence-electron chi connectivity index (χ0n) is 6.40. The third kappa shape index (κ3) is 9.51. The Bertz CT molecular complexity index is 140. The molecular weight excluding hydrogens is 181 g/mol. The second kappa shape index (κ2) is 7.62. The van der Waals surface area contributed by atoms with Gasteiger partial charge in [-0.05, 0) is 12.2 Å². The first-order valence-electron chi connectivity index (χ1n) is 3.74. The van der Waals surface area contributed by atoms with Crippen LogP contribution in [0.15, 0.2) is 36.7 Å². The van der Waals surface area contributed by atoms with Gasteiger partial charge in [-0.1, -0.05) is 31.4 Å². The van der Waals surface area contributed by atoms with E-state index in [2.05, 4.69) is 5.32 Å². The molecule has 64 valence electrons. The predicted molar refractivity (Wildman–Crippen MR) is 44.4 cm³/mol. The second-order valence-electron chi connectivity index (χ2n) is 2.33. The smallest absolute Gasteiger partial charge is 0.000442 e. The molecule has 1 heterocycles. The Hall–Kier alpha value is -0.486. The van der Waals surface area contributed by atoms with Gasteiger partial charge in [0.05, 0.1) is 0 Å². The normalized spacial score (nSPS) is 16.7.